The van der Waals surface area contributed by atoms with Gasteiger partial charge in [-0.15, -0.1) is 0 Å². The predicted molar refractivity (Wildman–Crippen MR) is 94.4 cm³/mol. The average Bonchev–Trinajstić information content (AvgIpc) is 3.41. The zero-order chi connectivity index (χ0) is 17.7. The molecule has 6 rings (SSSR count). The zero-order valence-corrected chi connectivity index (χ0v) is 15.2. The normalized spacial score (nSPS) is 39.2. The van der Waals surface area contributed by atoms with Crippen LogP contribution in [-0.2, 0) is 16.6 Å². The van der Waals surface area contributed by atoms with Crippen molar-refractivity contribution in [2.24, 2.45) is 5.92 Å². The van der Waals surface area contributed by atoms with Crippen molar-refractivity contribution in [2.45, 2.75) is 68.1 Å². The van der Waals surface area contributed by atoms with Crippen molar-refractivity contribution in [2.75, 3.05) is 13.7 Å². The Labute approximate surface area is 153 Å². The van der Waals surface area contributed by atoms with E-state index in [2.05, 4.69) is 6.07 Å². The van der Waals surface area contributed by atoms with Crippen LogP contribution < -0.4 is 9.47 Å². The molecule has 0 radical (unpaired) electrons. The number of hydrogen-bond donors (Lipinski definition) is 1. The van der Waals surface area contributed by atoms with Crippen LogP contribution in [0.25, 0.3) is 0 Å². The molecule has 4 atom stereocenters. The van der Waals surface area contributed by atoms with Gasteiger partial charge >= 0.3 is 0 Å². The summed E-state index contributed by atoms with van der Waals surface area (Å²) in [6, 6.07) is 3.98. The smallest absolute Gasteiger partial charge is 0.226 e. The van der Waals surface area contributed by atoms with Crippen molar-refractivity contribution in [1.29, 1.82) is 0 Å². The fraction of sp³-hybridized carbons (Fsp3) is 0.667. The Morgan fingerprint density at radius 1 is 1.31 bits per heavy atom. The quantitative estimate of drug-likeness (QED) is 0.883. The average molecular weight is 355 g/mol. The van der Waals surface area contributed by atoms with Gasteiger partial charge in [0.05, 0.1) is 24.2 Å². The van der Waals surface area contributed by atoms with E-state index in [1.54, 1.807) is 7.11 Å². The fourth-order valence-electron chi connectivity index (χ4n) is 6.52. The monoisotopic (exact) mass is 355 g/mol. The van der Waals surface area contributed by atoms with Crippen LogP contribution in [0.15, 0.2) is 12.1 Å². The summed E-state index contributed by atoms with van der Waals surface area (Å²) in [7, 11) is 1.68. The van der Waals surface area contributed by atoms with Crippen LogP contribution in [0.2, 0.25) is 0 Å². The highest BCUT2D eigenvalue weighted by molar-refractivity contribution is 5.82. The van der Waals surface area contributed by atoms with E-state index in [-0.39, 0.29) is 29.4 Å². The van der Waals surface area contributed by atoms with Gasteiger partial charge in [-0.1, -0.05) is 6.07 Å². The van der Waals surface area contributed by atoms with Gasteiger partial charge in [-0.25, -0.2) is 0 Å². The molecule has 5 heteroatoms. The summed E-state index contributed by atoms with van der Waals surface area (Å²) < 4.78 is 12.0. The summed E-state index contributed by atoms with van der Waals surface area (Å²) in [5.74, 6) is 2.07. The zero-order valence-electron chi connectivity index (χ0n) is 15.2. The number of carbonyl (C=O) groups excluding carboxylic acids is 1. The van der Waals surface area contributed by atoms with Gasteiger partial charge in [0.1, 0.15) is 6.10 Å². The topological polar surface area (TPSA) is 59.0 Å². The minimum atomic E-state index is -0.886. The lowest BCUT2D eigenvalue weighted by atomic mass is 9.49. The minimum absolute atomic E-state index is 0.00715. The Kier molecular flexibility index (Phi) is 2.80. The summed E-state index contributed by atoms with van der Waals surface area (Å²) in [6.07, 6.45) is 6.17. The maximum Gasteiger partial charge on any atom is 0.226 e. The number of nitrogens with zero attached hydrogens (tertiary/aromatic N) is 1. The molecular formula is C21H25NO4. The largest absolute Gasteiger partial charge is 0.493 e. The molecule has 138 valence electrons. The molecule has 26 heavy (non-hydrogen) atoms. The van der Waals surface area contributed by atoms with Crippen molar-refractivity contribution in [3.8, 4) is 11.5 Å². The summed E-state index contributed by atoms with van der Waals surface area (Å²) in [4.78, 5) is 15.0. The number of amides is 1. The van der Waals surface area contributed by atoms with Crippen molar-refractivity contribution >= 4 is 5.91 Å². The number of ether oxygens (including phenoxy) is 2. The first kappa shape index (κ1) is 15.3. The lowest BCUT2D eigenvalue weighted by molar-refractivity contribution is -0.191. The lowest BCUT2D eigenvalue weighted by Crippen LogP contribution is -2.75. The van der Waals surface area contributed by atoms with E-state index in [9.17, 15) is 9.90 Å². The summed E-state index contributed by atoms with van der Waals surface area (Å²) >= 11 is 0. The van der Waals surface area contributed by atoms with Gasteiger partial charge in [0.25, 0.3) is 0 Å². The van der Waals surface area contributed by atoms with Crippen LogP contribution in [-0.4, -0.2) is 47.3 Å². The molecule has 5 nitrogen and oxygen atoms in total. The second-order valence-electron chi connectivity index (χ2n) is 8.80. The van der Waals surface area contributed by atoms with E-state index < -0.39 is 5.60 Å². The van der Waals surface area contributed by atoms with Crippen molar-refractivity contribution in [1.82, 2.24) is 4.90 Å². The molecule has 2 aliphatic heterocycles. The Balaban J connectivity index is 1.56. The standard InChI is InChI=1S/C21H25NO4/c1-25-14-7-6-13-11-15-21(24)8-2-3-16-20(21,17(13)18(14)26-16)9-10-22(15)19(23)12-4-5-12/h6-7,12,15-16,24H,2-5,8-11H2,1H3/t15-,16+,20-,21?/m1/s1. The SMILES string of the molecule is COc1ccc2c3c1O[C@H]1CCCC4(O)[C@@H](C2)N(C(=O)C2CC2)CC[C@]314. The Morgan fingerprint density at radius 2 is 2.15 bits per heavy atom. The molecule has 1 saturated heterocycles. The first-order chi connectivity index (χ1) is 12.6. The van der Waals surface area contributed by atoms with Gasteiger partial charge in [-0.2, -0.15) is 0 Å². The van der Waals surface area contributed by atoms with E-state index in [1.165, 1.54) is 11.1 Å². The van der Waals surface area contributed by atoms with Crippen LogP contribution in [0.1, 0.15) is 49.7 Å². The van der Waals surface area contributed by atoms with Crippen molar-refractivity contribution in [3.05, 3.63) is 23.3 Å². The number of benzene rings is 1. The molecule has 1 N–H and O–H groups in total. The van der Waals surface area contributed by atoms with Crippen molar-refractivity contribution in [3.63, 3.8) is 0 Å². The third kappa shape index (κ3) is 1.56. The van der Waals surface area contributed by atoms with Crippen LogP contribution in [0.3, 0.4) is 0 Å². The molecule has 1 aromatic carbocycles. The molecule has 1 aromatic rings. The van der Waals surface area contributed by atoms with Crippen LogP contribution in [0, 0.1) is 5.92 Å². The van der Waals surface area contributed by atoms with E-state index >= 15 is 0 Å². The second-order valence-corrected chi connectivity index (χ2v) is 8.80. The number of rotatable bonds is 2. The molecule has 1 spiro atoms. The molecule has 2 bridgehead atoms. The third-order valence-electron chi connectivity index (χ3n) is 7.78. The maximum absolute atomic E-state index is 12.9. The first-order valence-corrected chi connectivity index (χ1v) is 10.00. The Hall–Kier alpha value is -1.75. The van der Waals surface area contributed by atoms with Gasteiger partial charge in [0.2, 0.25) is 5.91 Å². The highest BCUT2D eigenvalue weighted by Gasteiger charge is 2.71. The van der Waals surface area contributed by atoms with Gasteiger partial charge < -0.3 is 19.5 Å². The molecule has 3 aliphatic carbocycles. The summed E-state index contributed by atoms with van der Waals surface area (Å²) in [5.41, 5.74) is 1.14. The highest BCUT2D eigenvalue weighted by atomic mass is 16.5. The Bertz CT molecular complexity index is 818. The number of carbonyl (C=O) groups is 1. The molecule has 1 unspecified atom stereocenters. The first-order valence-electron chi connectivity index (χ1n) is 10.00. The van der Waals surface area contributed by atoms with Crippen LogP contribution in [0.5, 0.6) is 11.5 Å². The molecular weight excluding hydrogens is 330 g/mol. The van der Waals surface area contributed by atoms with Gasteiger partial charge in [0, 0.05) is 18.0 Å². The number of aliphatic hydroxyl groups is 1. The number of likely N-dealkylation sites (tertiary alicyclic amines) is 1. The summed E-state index contributed by atoms with van der Waals surface area (Å²) in [5, 5.41) is 12.1. The fourth-order valence-corrected chi connectivity index (χ4v) is 6.52. The molecule has 0 aromatic heterocycles. The van der Waals surface area contributed by atoms with Gasteiger partial charge in [0.15, 0.2) is 11.5 Å². The number of piperidine rings is 1. The molecule has 1 amide bonds. The molecule has 2 saturated carbocycles. The predicted octanol–water partition coefficient (Wildman–Crippen LogP) is 2.18. The lowest BCUT2D eigenvalue weighted by Gasteiger charge is -2.63. The van der Waals surface area contributed by atoms with E-state index in [0.717, 1.165) is 63.0 Å². The maximum atomic E-state index is 12.9. The third-order valence-corrected chi connectivity index (χ3v) is 7.78. The second kappa shape index (κ2) is 4.75. The van der Waals surface area contributed by atoms with Crippen LogP contribution >= 0.6 is 0 Å². The summed E-state index contributed by atoms with van der Waals surface area (Å²) in [6.45, 7) is 0.734. The van der Waals surface area contributed by atoms with E-state index in [1.807, 2.05) is 11.0 Å². The van der Waals surface area contributed by atoms with Gasteiger partial charge in [-0.3, -0.25) is 4.79 Å². The minimum Gasteiger partial charge on any atom is -0.493 e. The van der Waals surface area contributed by atoms with Gasteiger partial charge in [-0.05, 0) is 56.6 Å². The molecule has 2 heterocycles. The Morgan fingerprint density at radius 3 is 2.92 bits per heavy atom. The van der Waals surface area contributed by atoms with Crippen LogP contribution in [0.4, 0.5) is 0 Å². The molecule has 5 aliphatic rings. The highest BCUT2D eigenvalue weighted by Crippen LogP contribution is 2.65. The van der Waals surface area contributed by atoms with E-state index in [0.29, 0.717) is 0 Å². The number of hydrogen-bond acceptors (Lipinski definition) is 4. The number of methoxy groups -OCH3 is 1. The molecule has 3 fully saturated rings. The van der Waals surface area contributed by atoms with E-state index in [4.69, 9.17) is 9.47 Å². The van der Waals surface area contributed by atoms with Crippen molar-refractivity contribution < 1.29 is 19.4 Å².